The monoisotopic (exact) mass is 309 g/mol. The molecule has 0 atom stereocenters. The minimum absolute atomic E-state index is 0.0826. The smallest absolute Gasteiger partial charge is 0.313 e. The highest BCUT2D eigenvalue weighted by molar-refractivity contribution is 7.99. The van der Waals surface area contributed by atoms with Gasteiger partial charge < -0.3 is 14.9 Å². The largest absolute Gasteiger partial charge is 0.508 e. The van der Waals surface area contributed by atoms with Crippen molar-refractivity contribution in [3.63, 3.8) is 0 Å². The van der Waals surface area contributed by atoms with E-state index in [4.69, 9.17) is 9.84 Å². The van der Waals surface area contributed by atoms with Crippen molar-refractivity contribution in [3.05, 3.63) is 24.3 Å². The molecule has 2 N–H and O–H groups in total. The van der Waals surface area contributed by atoms with Crippen molar-refractivity contribution in [3.8, 4) is 17.1 Å². The van der Waals surface area contributed by atoms with Gasteiger partial charge in [0.2, 0.25) is 0 Å². The Kier molecular flexibility index (Phi) is 5.18. The van der Waals surface area contributed by atoms with Crippen molar-refractivity contribution in [2.24, 2.45) is 0 Å². The Balaban J connectivity index is 2.31. The predicted octanol–water partition coefficient (Wildman–Crippen LogP) is 1.47. The van der Waals surface area contributed by atoms with Crippen LogP contribution in [-0.4, -0.2) is 50.4 Å². The van der Waals surface area contributed by atoms with Crippen LogP contribution >= 0.6 is 11.8 Å². The van der Waals surface area contributed by atoms with Crippen molar-refractivity contribution < 1.29 is 19.7 Å². The summed E-state index contributed by atoms with van der Waals surface area (Å²) in [5.74, 6) is -0.213. The maximum absolute atomic E-state index is 10.7. The molecule has 0 saturated carbocycles. The van der Waals surface area contributed by atoms with Crippen LogP contribution in [0.15, 0.2) is 29.4 Å². The van der Waals surface area contributed by atoms with Gasteiger partial charge in [0.25, 0.3) is 0 Å². The maximum Gasteiger partial charge on any atom is 0.313 e. The number of aromatic nitrogens is 3. The second-order valence-corrected chi connectivity index (χ2v) is 5.12. The van der Waals surface area contributed by atoms with Crippen LogP contribution in [0.2, 0.25) is 0 Å². The maximum atomic E-state index is 10.7. The summed E-state index contributed by atoms with van der Waals surface area (Å²) in [5.41, 5.74) is 0.790. The van der Waals surface area contributed by atoms with Crippen molar-refractivity contribution >= 4 is 17.7 Å². The van der Waals surface area contributed by atoms with Crippen LogP contribution in [0.5, 0.6) is 5.75 Å². The summed E-state index contributed by atoms with van der Waals surface area (Å²) in [6, 6.07) is 6.59. The minimum atomic E-state index is -0.910. The molecule has 0 aliphatic carbocycles. The van der Waals surface area contributed by atoms with Crippen molar-refractivity contribution in [2.75, 3.05) is 19.5 Å². The number of aliphatic carboxylic acids is 1. The molecule has 2 aromatic rings. The Hall–Kier alpha value is -2.06. The number of hydrogen-bond acceptors (Lipinski definition) is 6. The Morgan fingerprint density at radius 1 is 1.33 bits per heavy atom. The standard InChI is InChI=1S/C13H15N3O4S/c1-20-7-6-16-12(9-2-4-10(17)5-3-9)14-15-13(16)21-8-11(18)19/h2-5,17H,6-8H2,1H3,(H,18,19). The number of carbonyl (C=O) groups is 1. The molecule has 7 nitrogen and oxygen atoms in total. The quantitative estimate of drug-likeness (QED) is 0.747. The van der Waals surface area contributed by atoms with Crippen molar-refractivity contribution in [2.45, 2.75) is 11.7 Å². The van der Waals surface area contributed by atoms with Crippen LogP contribution in [0, 0.1) is 0 Å². The second-order valence-electron chi connectivity index (χ2n) is 4.18. The number of hydrogen-bond donors (Lipinski definition) is 2. The van der Waals surface area contributed by atoms with Gasteiger partial charge in [0.05, 0.1) is 18.9 Å². The molecule has 0 spiro atoms. The Bertz CT molecular complexity index is 612. The third-order valence-electron chi connectivity index (χ3n) is 2.69. The van der Waals surface area contributed by atoms with E-state index in [0.717, 1.165) is 17.3 Å². The Morgan fingerprint density at radius 2 is 2.05 bits per heavy atom. The first-order valence-electron chi connectivity index (χ1n) is 6.18. The van der Waals surface area contributed by atoms with Crippen LogP contribution in [0.3, 0.4) is 0 Å². The molecular formula is C13H15N3O4S. The molecule has 1 heterocycles. The molecule has 0 fully saturated rings. The molecule has 21 heavy (non-hydrogen) atoms. The van der Waals surface area contributed by atoms with E-state index in [1.807, 2.05) is 4.57 Å². The molecule has 0 radical (unpaired) electrons. The van der Waals surface area contributed by atoms with Crippen LogP contribution in [0.4, 0.5) is 0 Å². The van der Waals surface area contributed by atoms with Crippen LogP contribution < -0.4 is 0 Å². The fourth-order valence-corrected chi connectivity index (χ4v) is 2.41. The van der Waals surface area contributed by atoms with E-state index in [2.05, 4.69) is 10.2 Å². The van der Waals surface area contributed by atoms with E-state index in [0.29, 0.717) is 24.1 Å². The summed E-state index contributed by atoms with van der Waals surface area (Å²) < 4.78 is 6.87. The van der Waals surface area contributed by atoms with Gasteiger partial charge in [-0.25, -0.2) is 0 Å². The van der Waals surface area contributed by atoms with Gasteiger partial charge in [0.1, 0.15) is 5.75 Å². The molecule has 1 aromatic heterocycles. The zero-order valence-corrected chi connectivity index (χ0v) is 12.2. The molecular weight excluding hydrogens is 294 g/mol. The fraction of sp³-hybridized carbons (Fsp3) is 0.308. The number of phenols is 1. The molecule has 0 bridgehead atoms. The topological polar surface area (TPSA) is 97.5 Å². The normalized spacial score (nSPS) is 10.7. The third-order valence-corrected chi connectivity index (χ3v) is 3.64. The van der Waals surface area contributed by atoms with E-state index in [1.54, 1.807) is 31.4 Å². The van der Waals surface area contributed by atoms with Crippen molar-refractivity contribution in [1.82, 2.24) is 14.8 Å². The average molecular weight is 309 g/mol. The second kappa shape index (κ2) is 7.09. The van der Waals surface area contributed by atoms with Gasteiger partial charge in [0, 0.05) is 12.7 Å². The van der Waals surface area contributed by atoms with E-state index in [9.17, 15) is 9.90 Å². The molecule has 0 aliphatic heterocycles. The molecule has 0 aliphatic rings. The molecule has 1 aromatic carbocycles. The highest BCUT2D eigenvalue weighted by Gasteiger charge is 2.15. The van der Waals surface area contributed by atoms with Gasteiger partial charge in [-0.3, -0.25) is 9.36 Å². The summed E-state index contributed by atoms with van der Waals surface area (Å²) >= 11 is 1.11. The van der Waals surface area contributed by atoms with Gasteiger partial charge in [-0.1, -0.05) is 11.8 Å². The number of thioether (sulfide) groups is 1. The Labute approximate surface area is 125 Å². The number of benzene rings is 1. The highest BCUT2D eigenvalue weighted by atomic mass is 32.2. The van der Waals surface area contributed by atoms with Crippen molar-refractivity contribution in [1.29, 1.82) is 0 Å². The lowest BCUT2D eigenvalue weighted by Gasteiger charge is -2.09. The van der Waals surface area contributed by atoms with Crippen LogP contribution in [0.25, 0.3) is 11.4 Å². The average Bonchev–Trinajstić information content (AvgIpc) is 2.86. The van der Waals surface area contributed by atoms with E-state index in [-0.39, 0.29) is 11.5 Å². The number of carboxylic acids is 1. The fourth-order valence-electron chi connectivity index (χ4n) is 1.73. The number of nitrogens with zero attached hydrogens (tertiary/aromatic N) is 3. The number of rotatable bonds is 7. The van der Waals surface area contributed by atoms with Crippen LogP contribution in [0.1, 0.15) is 0 Å². The first-order chi connectivity index (χ1) is 10.1. The lowest BCUT2D eigenvalue weighted by atomic mass is 10.2. The molecule has 0 amide bonds. The number of aromatic hydroxyl groups is 1. The first-order valence-corrected chi connectivity index (χ1v) is 7.16. The molecule has 8 heteroatoms. The summed E-state index contributed by atoms with van der Waals surface area (Å²) in [7, 11) is 1.59. The lowest BCUT2D eigenvalue weighted by molar-refractivity contribution is -0.133. The van der Waals surface area contributed by atoms with E-state index >= 15 is 0 Å². The molecule has 2 rings (SSSR count). The highest BCUT2D eigenvalue weighted by Crippen LogP contribution is 2.25. The number of phenolic OH excluding ortho intramolecular Hbond substituents is 1. The third kappa shape index (κ3) is 3.96. The van der Waals surface area contributed by atoms with Gasteiger partial charge in [-0.05, 0) is 24.3 Å². The number of ether oxygens (including phenoxy) is 1. The first kappa shape index (κ1) is 15.3. The SMILES string of the molecule is COCCn1c(SCC(=O)O)nnc1-c1ccc(O)cc1. The summed E-state index contributed by atoms with van der Waals surface area (Å²) in [5, 5.41) is 26.8. The molecule has 0 unspecified atom stereocenters. The number of methoxy groups -OCH3 is 1. The lowest BCUT2D eigenvalue weighted by Crippen LogP contribution is -2.08. The Morgan fingerprint density at radius 3 is 2.67 bits per heavy atom. The summed E-state index contributed by atoms with van der Waals surface area (Å²) in [4.78, 5) is 10.7. The summed E-state index contributed by atoms with van der Waals surface area (Å²) in [6.45, 7) is 0.978. The number of carboxylic acid groups (broad SMARTS) is 1. The predicted molar refractivity (Wildman–Crippen MR) is 77.4 cm³/mol. The molecule has 0 saturated heterocycles. The molecule has 112 valence electrons. The van der Waals surface area contributed by atoms with Crippen LogP contribution in [-0.2, 0) is 16.1 Å². The van der Waals surface area contributed by atoms with Gasteiger partial charge in [0.15, 0.2) is 11.0 Å². The van der Waals surface area contributed by atoms with E-state index in [1.165, 1.54) is 0 Å². The zero-order valence-electron chi connectivity index (χ0n) is 11.4. The van der Waals surface area contributed by atoms with Gasteiger partial charge in [-0.2, -0.15) is 0 Å². The van der Waals surface area contributed by atoms with E-state index < -0.39 is 5.97 Å². The minimum Gasteiger partial charge on any atom is -0.508 e. The van der Waals surface area contributed by atoms with Gasteiger partial charge >= 0.3 is 5.97 Å². The summed E-state index contributed by atoms with van der Waals surface area (Å²) in [6.07, 6.45) is 0. The van der Waals surface area contributed by atoms with Gasteiger partial charge in [-0.15, -0.1) is 10.2 Å². The zero-order chi connectivity index (χ0) is 15.2.